The number of carbonyl (C=O) groups is 1. The monoisotopic (exact) mass is 292 g/mol. The summed E-state index contributed by atoms with van der Waals surface area (Å²) in [5, 5.41) is 0.414. The number of benzene rings is 1. The van der Waals surface area contributed by atoms with Crippen molar-refractivity contribution in [2.75, 3.05) is 14.2 Å². The van der Waals surface area contributed by atoms with Gasteiger partial charge in [0, 0.05) is 17.6 Å². The fraction of sp³-hybridized carbons (Fsp3) is 0.154. The van der Waals surface area contributed by atoms with Crippen LogP contribution in [0.15, 0.2) is 30.6 Å². The molecular weight excluding hydrogens is 280 g/mol. The number of ether oxygens (including phenoxy) is 3. The third kappa shape index (κ3) is 3.55. The lowest BCUT2D eigenvalue weighted by Crippen LogP contribution is -1.94. The van der Waals surface area contributed by atoms with E-state index in [1.165, 1.54) is 19.5 Å². The van der Waals surface area contributed by atoms with E-state index in [0.29, 0.717) is 16.7 Å². The zero-order valence-electron chi connectivity index (χ0n) is 10.9. The SMILES string of the molecule is COC(=O)/C=C/c1ccc(OC)c(Oc2ncns2)c1. The maximum atomic E-state index is 11.1. The standard InChI is InChI=1S/C13H12N2O4S/c1-17-10-5-3-9(4-6-12(16)18-2)7-11(10)19-13-14-8-15-20-13/h3-8H,1-2H3/b6-4+. The maximum Gasteiger partial charge on any atom is 0.330 e. The fourth-order valence-corrected chi connectivity index (χ4v) is 1.82. The first-order valence-electron chi connectivity index (χ1n) is 5.61. The highest BCUT2D eigenvalue weighted by Crippen LogP contribution is 2.32. The summed E-state index contributed by atoms with van der Waals surface area (Å²) < 4.78 is 19.2. The second-order valence-electron chi connectivity index (χ2n) is 3.58. The van der Waals surface area contributed by atoms with Crippen LogP contribution >= 0.6 is 11.5 Å². The summed E-state index contributed by atoms with van der Waals surface area (Å²) in [6, 6.07) is 5.28. The minimum Gasteiger partial charge on any atom is -0.493 e. The molecule has 0 aliphatic carbocycles. The molecule has 6 nitrogen and oxygen atoms in total. The molecule has 2 aromatic rings. The van der Waals surface area contributed by atoms with Gasteiger partial charge in [-0.25, -0.2) is 4.79 Å². The topological polar surface area (TPSA) is 70.5 Å². The number of esters is 1. The molecule has 0 fully saturated rings. The van der Waals surface area contributed by atoms with Crippen LogP contribution in [0.5, 0.6) is 16.7 Å². The Morgan fingerprint density at radius 3 is 2.80 bits per heavy atom. The first-order valence-corrected chi connectivity index (χ1v) is 6.39. The normalized spacial score (nSPS) is 10.5. The number of methoxy groups -OCH3 is 2. The van der Waals surface area contributed by atoms with Crippen molar-refractivity contribution in [2.24, 2.45) is 0 Å². The van der Waals surface area contributed by atoms with Crippen LogP contribution in [0.4, 0.5) is 0 Å². The van der Waals surface area contributed by atoms with Crippen molar-refractivity contribution in [3.63, 3.8) is 0 Å². The van der Waals surface area contributed by atoms with Crippen molar-refractivity contribution in [2.45, 2.75) is 0 Å². The smallest absolute Gasteiger partial charge is 0.330 e. The Hall–Kier alpha value is -2.41. The number of nitrogens with zero attached hydrogens (tertiary/aromatic N) is 2. The first-order chi connectivity index (χ1) is 9.72. The summed E-state index contributed by atoms with van der Waals surface area (Å²) in [5.41, 5.74) is 0.774. The quantitative estimate of drug-likeness (QED) is 0.623. The van der Waals surface area contributed by atoms with Gasteiger partial charge in [0.1, 0.15) is 6.33 Å². The van der Waals surface area contributed by atoms with E-state index >= 15 is 0 Å². The van der Waals surface area contributed by atoms with Crippen LogP contribution < -0.4 is 9.47 Å². The third-order valence-corrected chi connectivity index (χ3v) is 2.88. The minimum absolute atomic E-state index is 0.414. The zero-order chi connectivity index (χ0) is 14.4. The molecule has 0 radical (unpaired) electrons. The van der Waals surface area contributed by atoms with Crippen LogP contribution in [-0.2, 0) is 9.53 Å². The minimum atomic E-state index is -0.424. The Kier molecular flexibility index (Phi) is 4.67. The number of hydrogen-bond acceptors (Lipinski definition) is 7. The van der Waals surface area contributed by atoms with Crippen LogP contribution in [-0.4, -0.2) is 29.5 Å². The summed E-state index contributed by atoms with van der Waals surface area (Å²) in [6.07, 6.45) is 4.36. The lowest BCUT2D eigenvalue weighted by Gasteiger charge is -2.08. The molecule has 1 aromatic heterocycles. The van der Waals surface area contributed by atoms with E-state index in [4.69, 9.17) is 9.47 Å². The molecule has 0 spiro atoms. The van der Waals surface area contributed by atoms with Gasteiger partial charge in [-0.1, -0.05) is 6.07 Å². The van der Waals surface area contributed by atoms with Gasteiger partial charge in [-0.05, 0) is 23.8 Å². The molecule has 1 aromatic carbocycles. The number of carbonyl (C=O) groups excluding carboxylic acids is 1. The molecule has 0 saturated heterocycles. The van der Waals surface area contributed by atoms with Gasteiger partial charge < -0.3 is 14.2 Å². The lowest BCUT2D eigenvalue weighted by molar-refractivity contribution is -0.134. The van der Waals surface area contributed by atoms with Crippen LogP contribution in [0.25, 0.3) is 6.08 Å². The Bertz CT molecular complexity index is 611. The summed E-state index contributed by atoms with van der Waals surface area (Å²) in [4.78, 5) is 15.0. The van der Waals surface area contributed by atoms with E-state index in [0.717, 1.165) is 17.1 Å². The number of rotatable bonds is 5. The van der Waals surface area contributed by atoms with Gasteiger partial charge in [-0.15, -0.1) is 0 Å². The fourth-order valence-electron chi connectivity index (χ4n) is 1.41. The molecule has 0 unspecified atom stereocenters. The van der Waals surface area contributed by atoms with E-state index in [1.807, 2.05) is 0 Å². The molecule has 0 saturated carbocycles. The Balaban J connectivity index is 2.24. The molecule has 0 aliphatic rings. The van der Waals surface area contributed by atoms with E-state index in [1.54, 1.807) is 31.4 Å². The molecule has 20 heavy (non-hydrogen) atoms. The van der Waals surface area contributed by atoms with E-state index in [-0.39, 0.29) is 0 Å². The Morgan fingerprint density at radius 1 is 1.30 bits per heavy atom. The van der Waals surface area contributed by atoms with Crippen LogP contribution in [0.2, 0.25) is 0 Å². The number of aromatic nitrogens is 2. The van der Waals surface area contributed by atoms with Gasteiger partial charge in [-0.3, -0.25) is 0 Å². The summed E-state index contributed by atoms with van der Waals surface area (Å²) >= 11 is 1.13. The molecule has 104 valence electrons. The summed E-state index contributed by atoms with van der Waals surface area (Å²) in [6.45, 7) is 0. The highest BCUT2D eigenvalue weighted by Gasteiger charge is 2.08. The van der Waals surface area contributed by atoms with Crippen LogP contribution in [0.1, 0.15) is 5.56 Å². The molecule has 7 heteroatoms. The van der Waals surface area contributed by atoms with Crippen molar-refractivity contribution in [3.05, 3.63) is 36.2 Å². The van der Waals surface area contributed by atoms with Crippen molar-refractivity contribution in [3.8, 4) is 16.7 Å². The van der Waals surface area contributed by atoms with Crippen molar-refractivity contribution >= 4 is 23.6 Å². The molecule has 0 bridgehead atoms. The molecule has 2 rings (SSSR count). The largest absolute Gasteiger partial charge is 0.493 e. The second-order valence-corrected chi connectivity index (χ2v) is 4.32. The van der Waals surface area contributed by atoms with Gasteiger partial charge in [0.25, 0.3) is 5.19 Å². The summed E-state index contributed by atoms with van der Waals surface area (Å²) in [7, 11) is 2.87. The van der Waals surface area contributed by atoms with Crippen molar-refractivity contribution < 1.29 is 19.0 Å². The summed E-state index contributed by atoms with van der Waals surface area (Å²) in [5.74, 6) is 0.638. The molecule has 1 heterocycles. The third-order valence-electron chi connectivity index (χ3n) is 2.34. The molecule has 0 atom stereocenters. The van der Waals surface area contributed by atoms with Crippen LogP contribution in [0.3, 0.4) is 0 Å². The zero-order valence-corrected chi connectivity index (χ0v) is 11.7. The first kappa shape index (κ1) is 14.0. The highest BCUT2D eigenvalue weighted by molar-refractivity contribution is 7.07. The maximum absolute atomic E-state index is 11.1. The Morgan fingerprint density at radius 2 is 2.15 bits per heavy atom. The molecule has 0 aliphatic heterocycles. The van der Waals surface area contributed by atoms with Gasteiger partial charge in [0.05, 0.1) is 14.2 Å². The van der Waals surface area contributed by atoms with Crippen molar-refractivity contribution in [1.29, 1.82) is 0 Å². The predicted octanol–water partition coefficient (Wildman–Crippen LogP) is 2.53. The van der Waals surface area contributed by atoms with E-state index in [2.05, 4.69) is 14.1 Å². The molecular formula is C13H12N2O4S. The lowest BCUT2D eigenvalue weighted by atomic mass is 10.2. The predicted molar refractivity (Wildman–Crippen MR) is 74.0 cm³/mol. The van der Waals surface area contributed by atoms with Crippen LogP contribution in [0, 0.1) is 0 Å². The van der Waals surface area contributed by atoms with Gasteiger partial charge in [-0.2, -0.15) is 9.36 Å². The van der Waals surface area contributed by atoms with Gasteiger partial charge >= 0.3 is 5.97 Å². The average Bonchev–Trinajstić information content (AvgIpc) is 2.98. The van der Waals surface area contributed by atoms with E-state index < -0.39 is 5.97 Å². The molecule has 0 N–H and O–H groups in total. The average molecular weight is 292 g/mol. The second kappa shape index (κ2) is 6.67. The number of hydrogen-bond donors (Lipinski definition) is 0. The van der Waals surface area contributed by atoms with Crippen molar-refractivity contribution in [1.82, 2.24) is 9.36 Å². The van der Waals surface area contributed by atoms with E-state index in [9.17, 15) is 4.79 Å². The van der Waals surface area contributed by atoms with Gasteiger partial charge in [0.2, 0.25) is 0 Å². The Labute approximate surface area is 119 Å². The highest BCUT2D eigenvalue weighted by atomic mass is 32.1. The molecule has 0 amide bonds. The van der Waals surface area contributed by atoms with Gasteiger partial charge in [0.15, 0.2) is 11.5 Å².